The zero-order valence-electron chi connectivity index (χ0n) is 10.7. The van der Waals surface area contributed by atoms with Gasteiger partial charge in [0.15, 0.2) is 0 Å². The second kappa shape index (κ2) is 7.19. The van der Waals surface area contributed by atoms with Gasteiger partial charge < -0.3 is 10.6 Å². The van der Waals surface area contributed by atoms with E-state index in [9.17, 15) is 9.59 Å². The van der Waals surface area contributed by atoms with Crippen molar-refractivity contribution >= 4 is 23.6 Å². The predicted molar refractivity (Wildman–Crippen MR) is 76.0 cm³/mol. The molecule has 102 valence electrons. The lowest BCUT2D eigenvalue weighted by Gasteiger charge is -2.05. The summed E-state index contributed by atoms with van der Waals surface area (Å²) in [7, 11) is 0. The highest BCUT2D eigenvalue weighted by Crippen LogP contribution is 2.18. The van der Waals surface area contributed by atoms with E-state index in [1.165, 1.54) is 0 Å². The average Bonchev–Trinajstić information content (AvgIpc) is 3.22. The highest BCUT2D eigenvalue weighted by atomic mass is 32.2. The molecule has 1 saturated carbocycles. The molecule has 1 aromatic rings. The summed E-state index contributed by atoms with van der Waals surface area (Å²) in [6.07, 6.45) is 2.55. The quantitative estimate of drug-likeness (QED) is 0.744. The van der Waals surface area contributed by atoms with Crippen molar-refractivity contribution in [2.45, 2.75) is 30.2 Å². The van der Waals surface area contributed by atoms with E-state index in [4.69, 9.17) is 0 Å². The van der Waals surface area contributed by atoms with Crippen LogP contribution in [0, 0.1) is 0 Å². The Labute approximate surface area is 117 Å². The largest absolute Gasteiger partial charge is 0.352 e. The Bertz CT molecular complexity index is 432. The zero-order chi connectivity index (χ0) is 13.5. The van der Waals surface area contributed by atoms with Gasteiger partial charge in [-0.05, 0) is 25.0 Å². The Morgan fingerprint density at radius 3 is 2.58 bits per heavy atom. The van der Waals surface area contributed by atoms with Gasteiger partial charge in [0.25, 0.3) is 0 Å². The normalized spacial score (nSPS) is 13.9. The van der Waals surface area contributed by atoms with E-state index in [2.05, 4.69) is 10.6 Å². The third-order valence-electron chi connectivity index (χ3n) is 2.73. The van der Waals surface area contributed by atoms with Crippen molar-refractivity contribution in [3.05, 3.63) is 30.3 Å². The van der Waals surface area contributed by atoms with Crippen LogP contribution in [0.25, 0.3) is 0 Å². The minimum absolute atomic E-state index is 0.0746. The van der Waals surface area contributed by atoms with Crippen molar-refractivity contribution in [1.29, 1.82) is 0 Å². The van der Waals surface area contributed by atoms with Crippen LogP contribution in [0.3, 0.4) is 0 Å². The van der Waals surface area contributed by atoms with Gasteiger partial charge in [0, 0.05) is 23.1 Å². The number of carbonyl (C=O) groups is 2. The first kappa shape index (κ1) is 13.9. The van der Waals surface area contributed by atoms with Crippen molar-refractivity contribution in [3.8, 4) is 0 Å². The third-order valence-corrected chi connectivity index (χ3v) is 3.74. The van der Waals surface area contributed by atoms with Gasteiger partial charge in [-0.25, -0.2) is 0 Å². The van der Waals surface area contributed by atoms with Gasteiger partial charge in [0.05, 0.1) is 6.54 Å². The molecule has 5 heteroatoms. The van der Waals surface area contributed by atoms with Crippen LogP contribution in [0.4, 0.5) is 0 Å². The van der Waals surface area contributed by atoms with Crippen LogP contribution < -0.4 is 10.6 Å². The molecule has 0 unspecified atom stereocenters. The third kappa shape index (κ3) is 5.79. The monoisotopic (exact) mass is 278 g/mol. The van der Waals surface area contributed by atoms with Crippen LogP contribution in [0.1, 0.15) is 19.3 Å². The van der Waals surface area contributed by atoms with Crippen molar-refractivity contribution in [2.75, 3.05) is 12.3 Å². The first-order valence-electron chi connectivity index (χ1n) is 6.48. The van der Waals surface area contributed by atoms with Gasteiger partial charge in [-0.2, -0.15) is 0 Å². The van der Waals surface area contributed by atoms with E-state index in [1.807, 2.05) is 30.3 Å². The molecule has 4 nitrogen and oxygen atoms in total. The molecule has 0 bridgehead atoms. The molecule has 2 amide bonds. The maximum atomic E-state index is 11.5. The summed E-state index contributed by atoms with van der Waals surface area (Å²) in [6.45, 7) is 0.0886. The fourth-order valence-corrected chi connectivity index (χ4v) is 2.42. The Morgan fingerprint density at radius 1 is 1.16 bits per heavy atom. The fourth-order valence-electron chi connectivity index (χ4n) is 1.55. The van der Waals surface area contributed by atoms with Crippen molar-refractivity contribution in [1.82, 2.24) is 10.6 Å². The molecule has 0 spiro atoms. The van der Waals surface area contributed by atoms with E-state index in [1.54, 1.807) is 11.8 Å². The highest BCUT2D eigenvalue weighted by molar-refractivity contribution is 7.99. The first-order chi connectivity index (χ1) is 9.24. The van der Waals surface area contributed by atoms with Gasteiger partial charge in [0.2, 0.25) is 11.8 Å². The van der Waals surface area contributed by atoms with Gasteiger partial charge in [0.1, 0.15) is 0 Å². The molecule has 1 fully saturated rings. The standard InChI is InChI=1S/C14H18N2O2S/c17-13(15-10-14(18)16-11-6-7-11)8-9-19-12-4-2-1-3-5-12/h1-5,11H,6-10H2,(H,15,17)(H,16,18). The minimum Gasteiger partial charge on any atom is -0.352 e. The van der Waals surface area contributed by atoms with Crippen LogP contribution in [0.15, 0.2) is 35.2 Å². The van der Waals surface area contributed by atoms with Gasteiger partial charge in [-0.15, -0.1) is 11.8 Å². The number of benzene rings is 1. The molecule has 0 radical (unpaired) electrons. The lowest BCUT2D eigenvalue weighted by Crippen LogP contribution is -2.37. The predicted octanol–water partition coefficient (Wildman–Crippen LogP) is 1.56. The van der Waals surface area contributed by atoms with E-state index in [0.717, 1.165) is 23.5 Å². The SMILES string of the molecule is O=C(CCSc1ccccc1)NCC(=O)NC1CC1. The number of thioether (sulfide) groups is 1. The Balaban J connectivity index is 1.55. The Kier molecular flexibility index (Phi) is 5.27. The van der Waals surface area contributed by atoms with Gasteiger partial charge in [-0.3, -0.25) is 9.59 Å². The van der Waals surface area contributed by atoms with Crippen LogP contribution >= 0.6 is 11.8 Å². The molecule has 0 heterocycles. The topological polar surface area (TPSA) is 58.2 Å². The van der Waals surface area contributed by atoms with E-state index >= 15 is 0 Å². The minimum atomic E-state index is -0.0911. The molecule has 0 aromatic heterocycles. The molecular weight excluding hydrogens is 260 g/mol. The molecule has 0 atom stereocenters. The van der Waals surface area contributed by atoms with Crippen molar-refractivity contribution < 1.29 is 9.59 Å². The van der Waals surface area contributed by atoms with E-state index in [-0.39, 0.29) is 18.4 Å². The fraction of sp³-hybridized carbons (Fsp3) is 0.429. The maximum absolute atomic E-state index is 11.5. The average molecular weight is 278 g/mol. The molecule has 1 aliphatic rings. The molecule has 2 rings (SSSR count). The summed E-state index contributed by atoms with van der Waals surface area (Å²) in [5.74, 6) is 0.557. The highest BCUT2D eigenvalue weighted by Gasteiger charge is 2.22. The smallest absolute Gasteiger partial charge is 0.239 e. The van der Waals surface area contributed by atoms with Crippen LogP contribution in [-0.4, -0.2) is 30.2 Å². The van der Waals surface area contributed by atoms with Crippen LogP contribution in [0.5, 0.6) is 0 Å². The first-order valence-corrected chi connectivity index (χ1v) is 7.46. The van der Waals surface area contributed by atoms with Crippen LogP contribution in [-0.2, 0) is 9.59 Å². The van der Waals surface area contributed by atoms with Gasteiger partial charge in [-0.1, -0.05) is 18.2 Å². The number of nitrogens with one attached hydrogen (secondary N) is 2. The summed E-state index contributed by atoms with van der Waals surface area (Å²) in [5.41, 5.74) is 0. The zero-order valence-corrected chi connectivity index (χ0v) is 11.5. The number of rotatable bonds is 7. The second-order valence-electron chi connectivity index (χ2n) is 4.53. The number of amides is 2. The summed E-state index contributed by atoms with van der Waals surface area (Å²) in [4.78, 5) is 24.1. The Hall–Kier alpha value is -1.49. The summed E-state index contributed by atoms with van der Waals surface area (Å²) in [6, 6.07) is 10.3. The lowest BCUT2D eigenvalue weighted by molar-refractivity contribution is -0.125. The molecule has 0 aliphatic heterocycles. The second-order valence-corrected chi connectivity index (χ2v) is 5.70. The molecule has 2 N–H and O–H groups in total. The molecule has 0 saturated heterocycles. The Morgan fingerprint density at radius 2 is 1.89 bits per heavy atom. The molecule has 1 aliphatic carbocycles. The summed E-state index contributed by atoms with van der Waals surface area (Å²) in [5, 5.41) is 5.47. The lowest BCUT2D eigenvalue weighted by atomic mass is 10.4. The van der Waals surface area contributed by atoms with E-state index < -0.39 is 0 Å². The maximum Gasteiger partial charge on any atom is 0.239 e. The summed E-state index contributed by atoms with van der Waals surface area (Å²) >= 11 is 1.64. The van der Waals surface area contributed by atoms with E-state index in [0.29, 0.717) is 12.5 Å². The number of carbonyl (C=O) groups excluding carboxylic acids is 2. The molecular formula is C14H18N2O2S. The summed E-state index contributed by atoms with van der Waals surface area (Å²) < 4.78 is 0. The van der Waals surface area contributed by atoms with Gasteiger partial charge >= 0.3 is 0 Å². The van der Waals surface area contributed by atoms with Crippen LogP contribution in [0.2, 0.25) is 0 Å². The molecule has 1 aromatic carbocycles. The number of hydrogen-bond acceptors (Lipinski definition) is 3. The molecule has 19 heavy (non-hydrogen) atoms. The number of hydrogen-bond donors (Lipinski definition) is 2. The van der Waals surface area contributed by atoms with Crippen molar-refractivity contribution in [2.24, 2.45) is 0 Å². The van der Waals surface area contributed by atoms with Crippen molar-refractivity contribution in [3.63, 3.8) is 0 Å².